The van der Waals surface area contributed by atoms with Gasteiger partial charge in [-0.15, -0.1) is 12.8 Å². The molecule has 0 amide bonds. The minimum atomic E-state index is 0.878. The summed E-state index contributed by atoms with van der Waals surface area (Å²) in [6.45, 7) is 0. The third kappa shape index (κ3) is 2.64. The standard InChI is InChI=1S/C22H14/c1-3-17-10-13-20(14-11-17)21-15-12-18(4-2)16-22(21)19-8-6-5-7-9-19/h1-2,5-16H. The van der Waals surface area contributed by atoms with Crippen LogP contribution < -0.4 is 0 Å². The molecule has 0 nitrogen and oxygen atoms in total. The molecule has 3 aromatic rings. The molecule has 22 heavy (non-hydrogen) atoms. The Balaban J connectivity index is 2.19. The van der Waals surface area contributed by atoms with E-state index in [0.29, 0.717) is 0 Å². The van der Waals surface area contributed by atoms with Crippen LogP contribution in [0.3, 0.4) is 0 Å². The Morgan fingerprint density at radius 2 is 1.14 bits per heavy atom. The van der Waals surface area contributed by atoms with E-state index in [2.05, 4.69) is 36.1 Å². The van der Waals surface area contributed by atoms with Gasteiger partial charge in [-0.2, -0.15) is 0 Å². The van der Waals surface area contributed by atoms with E-state index in [9.17, 15) is 0 Å². The van der Waals surface area contributed by atoms with Crippen LogP contribution in [0.5, 0.6) is 0 Å². The fourth-order valence-corrected chi connectivity index (χ4v) is 2.49. The number of hydrogen-bond donors (Lipinski definition) is 0. The minimum absolute atomic E-state index is 0.878. The van der Waals surface area contributed by atoms with Crippen LogP contribution in [0, 0.1) is 24.7 Å². The van der Waals surface area contributed by atoms with Crippen molar-refractivity contribution in [3.8, 4) is 46.9 Å². The van der Waals surface area contributed by atoms with Crippen molar-refractivity contribution in [2.24, 2.45) is 0 Å². The van der Waals surface area contributed by atoms with Crippen LogP contribution in [-0.4, -0.2) is 0 Å². The van der Waals surface area contributed by atoms with E-state index in [4.69, 9.17) is 12.8 Å². The molecule has 3 rings (SSSR count). The molecule has 0 saturated heterocycles. The Hall–Kier alpha value is -3.22. The van der Waals surface area contributed by atoms with Gasteiger partial charge >= 0.3 is 0 Å². The van der Waals surface area contributed by atoms with E-state index in [1.807, 2.05) is 48.5 Å². The van der Waals surface area contributed by atoms with Gasteiger partial charge in [0.2, 0.25) is 0 Å². The van der Waals surface area contributed by atoms with Crippen molar-refractivity contribution in [3.05, 3.63) is 83.9 Å². The zero-order valence-corrected chi connectivity index (χ0v) is 12.1. The molecule has 0 aliphatic rings. The minimum Gasteiger partial charge on any atom is -0.115 e. The van der Waals surface area contributed by atoms with E-state index in [0.717, 1.165) is 33.4 Å². The molecular weight excluding hydrogens is 264 g/mol. The van der Waals surface area contributed by atoms with Crippen LogP contribution in [-0.2, 0) is 0 Å². The molecule has 0 heteroatoms. The molecule has 0 aromatic heterocycles. The maximum absolute atomic E-state index is 5.55. The predicted molar refractivity (Wildman–Crippen MR) is 93.2 cm³/mol. The first-order chi connectivity index (χ1) is 10.8. The third-order valence-corrected chi connectivity index (χ3v) is 3.63. The zero-order chi connectivity index (χ0) is 15.4. The summed E-state index contributed by atoms with van der Waals surface area (Å²) < 4.78 is 0. The second-order valence-electron chi connectivity index (χ2n) is 4.99. The molecular formula is C22H14. The normalized spacial score (nSPS) is 9.73. The summed E-state index contributed by atoms with van der Waals surface area (Å²) in [5.74, 6) is 5.35. The van der Waals surface area contributed by atoms with Crippen LogP contribution in [0.4, 0.5) is 0 Å². The highest BCUT2D eigenvalue weighted by Crippen LogP contribution is 2.33. The number of benzene rings is 3. The predicted octanol–water partition coefficient (Wildman–Crippen LogP) is 4.98. The molecule has 0 saturated carbocycles. The lowest BCUT2D eigenvalue weighted by Gasteiger charge is -2.11. The maximum atomic E-state index is 5.55. The lowest BCUT2D eigenvalue weighted by atomic mass is 9.92. The SMILES string of the molecule is C#Cc1ccc(-c2ccc(C#C)cc2-c2ccccc2)cc1. The van der Waals surface area contributed by atoms with Crippen molar-refractivity contribution in [2.45, 2.75) is 0 Å². The van der Waals surface area contributed by atoms with E-state index >= 15 is 0 Å². The Labute approximate surface area is 131 Å². The maximum Gasteiger partial charge on any atom is 0.0249 e. The Morgan fingerprint density at radius 3 is 1.77 bits per heavy atom. The Bertz CT molecular complexity index is 870. The van der Waals surface area contributed by atoms with Crippen molar-refractivity contribution in [1.82, 2.24) is 0 Å². The Morgan fingerprint density at radius 1 is 0.545 bits per heavy atom. The van der Waals surface area contributed by atoms with Gasteiger partial charge in [0.25, 0.3) is 0 Å². The molecule has 0 aliphatic carbocycles. The average Bonchev–Trinajstić information content (AvgIpc) is 2.62. The van der Waals surface area contributed by atoms with Gasteiger partial charge in [-0.3, -0.25) is 0 Å². The van der Waals surface area contributed by atoms with Crippen LogP contribution in [0.2, 0.25) is 0 Å². The van der Waals surface area contributed by atoms with Crippen molar-refractivity contribution < 1.29 is 0 Å². The third-order valence-electron chi connectivity index (χ3n) is 3.63. The second kappa shape index (κ2) is 6.04. The molecule has 0 spiro atoms. The van der Waals surface area contributed by atoms with Gasteiger partial charge in [-0.1, -0.05) is 60.4 Å². The second-order valence-corrected chi connectivity index (χ2v) is 4.99. The number of hydrogen-bond acceptors (Lipinski definition) is 0. The monoisotopic (exact) mass is 278 g/mol. The summed E-state index contributed by atoms with van der Waals surface area (Å²) in [5, 5.41) is 0. The van der Waals surface area contributed by atoms with Crippen LogP contribution >= 0.6 is 0 Å². The van der Waals surface area contributed by atoms with E-state index in [1.54, 1.807) is 0 Å². The molecule has 0 heterocycles. The van der Waals surface area contributed by atoms with Crippen molar-refractivity contribution in [3.63, 3.8) is 0 Å². The number of rotatable bonds is 2. The van der Waals surface area contributed by atoms with Gasteiger partial charge in [0.05, 0.1) is 0 Å². The quantitative estimate of drug-likeness (QED) is 0.580. The molecule has 0 radical (unpaired) electrons. The summed E-state index contributed by atoms with van der Waals surface area (Å²) in [6.07, 6.45) is 11.0. The lowest BCUT2D eigenvalue weighted by molar-refractivity contribution is 1.55. The van der Waals surface area contributed by atoms with Crippen LogP contribution in [0.1, 0.15) is 11.1 Å². The van der Waals surface area contributed by atoms with Gasteiger partial charge in [0, 0.05) is 11.1 Å². The van der Waals surface area contributed by atoms with Gasteiger partial charge < -0.3 is 0 Å². The molecule has 0 fully saturated rings. The van der Waals surface area contributed by atoms with Gasteiger partial charge in [0.1, 0.15) is 0 Å². The van der Waals surface area contributed by atoms with Crippen molar-refractivity contribution >= 4 is 0 Å². The van der Waals surface area contributed by atoms with E-state index < -0.39 is 0 Å². The molecule has 0 N–H and O–H groups in total. The van der Waals surface area contributed by atoms with Gasteiger partial charge in [-0.25, -0.2) is 0 Å². The summed E-state index contributed by atoms with van der Waals surface area (Å²) in [7, 11) is 0. The largest absolute Gasteiger partial charge is 0.115 e. The summed E-state index contributed by atoms with van der Waals surface area (Å²) >= 11 is 0. The first-order valence-electron chi connectivity index (χ1n) is 7.05. The highest BCUT2D eigenvalue weighted by atomic mass is 14.1. The first-order valence-corrected chi connectivity index (χ1v) is 7.05. The summed E-state index contributed by atoms with van der Waals surface area (Å²) in [4.78, 5) is 0. The molecule has 3 aromatic carbocycles. The van der Waals surface area contributed by atoms with Crippen LogP contribution in [0.15, 0.2) is 72.8 Å². The molecule has 0 atom stereocenters. The fourth-order valence-electron chi connectivity index (χ4n) is 2.49. The first kappa shape index (κ1) is 13.7. The highest BCUT2D eigenvalue weighted by molar-refractivity contribution is 5.84. The molecule has 102 valence electrons. The van der Waals surface area contributed by atoms with Crippen molar-refractivity contribution in [2.75, 3.05) is 0 Å². The summed E-state index contributed by atoms with van der Waals surface area (Å²) in [6, 6.07) is 24.4. The van der Waals surface area contributed by atoms with E-state index in [-0.39, 0.29) is 0 Å². The summed E-state index contributed by atoms with van der Waals surface area (Å²) in [5.41, 5.74) is 6.31. The lowest BCUT2D eigenvalue weighted by Crippen LogP contribution is -1.87. The average molecular weight is 278 g/mol. The molecule has 0 aliphatic heterocycles. The number of terminal acetylenes is 2. The molecule has 0 bridgehead atoms. The van der Waals surface area contributed by atoms with Gasteiger partial charge in [0.15, 0.2) is 0 Å². The van der Waals surface area contributed by atoms with Gasteiger partial charge in [-0.05, 0) is 46.5 Å². The van der Waals surface area contributed by atoms with E-state index in [1.165, 1.54) is 0 Å². The highest BCUT2D eigenvalue weighted by Gasteiger charge is 2.08. The smallest absolute Gasteiger partial charge is 0.0249 e. The topological polar surface area (TPSA) is 0 Å². The fraction of sp³-hybridized carbons (Fsp3) is 0. The zero-order valence-electron chi connectivity index (χ0n) is 12.1. The Kier molecular flexibility index (Phi) is 3.78. The molecule has 0 unspecified atom stereocenters. The van der Waals surface area contributed by atoms with Crippen LogP contribution in [0.25, 0.3) is 22.3 Å². The van der Waals surface area contributed by atoms with Crippen molar-refractivity contribution in [1.29, 1.82) is 0 Å².